The summed E-state index contributed by atoms with van der Waals surface area (Å²) in [6, 6.07) is 4.00. The average Bonchev–Trinajstić information content (AvgIpc) is 2.18. The summed E-state index contributed by atoms with van der Waals surface area (Å²) in [5.74, 6) is -0.395. The lowest BCUT2D eigenvalue weighted by Crippen LogP contribution is -2.21. The molecular weight excluding hydrogens is 215 g/mol. The van der Waals surface area contributed by atoms with E-state index < -0.39 is 11.4 Å². The van der Waals surface area contributed by atoms with Crippen molar-refractivity contribution in [3.63, 3.8) is 0 Å². The van der Waals surface area contributed by atoms with Crippen LogP contribution in [0.5, 0.6) is 0 Å². The minimum atomic E-state index is -1.12. The molecule has 0 aliphatic carbocycles. The zero-order chi connectivity index (χ0) is 11.5. The van der Waals surface area contributed by atoms with E-state index >= 15 is 0 Å². The van der Waals surface area contributed by atoms with Crippen molar-refractivity contribution >= 4 is 11.6 Å². The Morgan fingerprint density at radius 2 is 2.27 bits per heavy atom. The standard InChI is InChI=1S/C12H14ClFO/c1-3-4-7-12(2,15)10-8-9(14)5-6-11(10)13/h3,5-6,8,15H,1,4,7H2,2H3. The maximum atomic E-state index is 13.0. The van der Waals surface area contributed by atoms with Crippen LogP contribution in [0.2, 0.25) is 5.02 Å². The van der Waals surface area contributed by atoms with Gasteiger partial charge in [0, 0.05) is 10.6 Å². The van der Waals surface area contributed by atoms with Crippen molar-refractivity contribution < 1.29 is 9.50 Å². The second kappa shape index (κ2) is 4.77. The first kappa shape index (κ1) is 12.2. The summed E-state index contributed by atoms with van der Waals surface area (Å²) < 4.78 is 13.0. The van der Waals surface area contributed by atoms with E-state index in [1.807, 2.05) is 0 Å². The third-order valence-electron chi connectivity index (χ3n) is 2.34. The SMILES string of the molecule is C=CCCC(C)(O)c1cc(F)ccc1Cl. The molecule has 0 bridgehead atoms. The summed E-state index contributed by atoms with van der Waals surface area (Å²) in [6.07, 6.45) is 2.83. The van der Waals surface area contributed by atoms with Crippen LogP contribution in [0.3, 0.4) is 0 Å². The molecule has 1 N–H and O–H groups in total. The van der Waals surface area contributed by atoms with Crippen LogP contribution in [0, 0.1) is 5.82 Å². The fourth-order valence-corrected chi connectivity index (χ4v) is 1.75. The summed E-state index contributed by atoms with van der Waals surface area (Å²) in [5, 5.41) is 10.5. The van der Waals surface area contributed by atoms with E-state index in [4.69, 9.17) is 11.6 Å². The van der Waals surface area contributed by atoms with Crippen LogP contribution in [-0.2, 0) is 5.60 Å². The van der Waals surface area contributed by atoms with Crippen molar-refractivity contribution in [2.24, 2.45) is 0 Å². The van der Waals surface area contributed by atoms with Gasteiger partial charge in [-0.2, -0.15) is 0 Å². The van der Waals surface area contributed by atoms with Crippen molar-refractivity contribution in [1.29, 1.82) is 0 Å². The fourth-order valence-electron chi connectivity index (χ4n) is 1.43. The number of benzene rings is 1. The van der Waals surface area contributed by atoms with Crippen molar-refractivity contribution in [2.75, 3.05) is 0 Å². The third kappa shape index (κ3) is 3.05. The lowest BCUT2D eigenvalue weighted by molar-refractivity contribution is 0.0486. The van der Waals surface area contributed by atoms with Gasteiger partial charge in [-0.1, -0.05) is 17.7 Å². The summed E-state index contributed by atoms with van der Waals surface area (Å²) >= 11 is 5.91. The average molecular weight is 229 g/mol. The Labute approximate surface area is 94.2 Å². The van der Waals surface area contributed by atoms with Crippen LogP contribution < -0.4 is 0 Å². The quantitative estimate of drug-likeness (QED) is 0.780. The third-order valence-corrected chi connectivity index (χ3v) is 2.67. The van der Waals surface area contributed by atoms with Crippen LogP contribution >= 0.6 is 11.6 Å². The second-order valence-electron chi connectivity index (χ2n) is 3.73. The molecule has 0 aliphatic heterocycles. The molecule has 0 aliphatic rings. The summed E-state index contributed by atoms with van der Waals surface area (Å²) in [6.45, 7) is 5.20. The molecule has 1 unspecified atom stereocenters. The summed E-state index contributed by atoms with van der Waals surface area (Å²) in [4.78, 5) is 0. The first-order valence-electron chi connectivity index (χ1n) is 4.76. The topological polar surface area (TPSA) is 20.2 Å². The molecule has 1 nitrogen and oxygen atoms in total. The number of allylic oxidation sites excluding steroid dienone is 1. The van der Waals surface area contributed by atoms with Crippen LogP contribution in [0.4, 0.5) is 4.39 Å². The molecule has 0 spiro atoms. The number of hydrogen-bond donors (Lipinski definition) is 1. The van der Waals surface area contributed by atoms with Crippen LogP contribution in [0.1, 0.15) is 25.3 Å². The Bertz CT molecular complexity index is 361. The predicted octanol–water partition coefficient (Wildman–Crippen LogP) is 3.65. The lowest BCUT2D eigenvalue weighted by atomic mass is 9.91. The minimum Gasteiger partial charge on any atom is -0.385 e. The molecule has 15 heavy (non-hydrogen) atoms. The van der Waals surface area contributed by atoms with E-state index in [9.17, 15) is 9.50 Å². The molecule has 0 heterocycles. The van der Waals surface area contributed by atoms with Gasteiger partial charge in [-0.3, -0.25) is 0 Å². The van der Waals surface area contributed by atoms with Crippen molar-refractivity contribution in [1.82, 2.24) is 0 Å². The Hall–Kier alpha value is -0.860. The molecule has 0 fully saturated rings. The number of hydrogen-bond acceptors (Lipinski definition) is 1. The molecular formula is C12H14ClFO. The molecule has 82 valence electrons. The van der Waals surface area contributed by atoms with Crippen LogP contribution in [0.25, 0.3) is 0 Å². The van der Waals surface area contributed by atoms with E-state index in [1.54, 1.807) is 13.0 Å². The van der Waals surface area contributed by atoms with Gasteiger partial charge in [-0.15, -0.1) is 6.58 Å². The number of aliphatic hydroxyl groups is 1. The van der Waals surface area contributed by atoms with Gasteiger partial charge in [0.05, 0.1) is 5.60 Å². The van der Waals surface area contributed by atoms with E-state index in [1.165, 1.54) is 18.2 Å². The molecule has 1 rings (SSSR count). The molecule has 0 saturated heterocycles. The van der Waals surface area contributed by atoms with Crippen molar-refractivity contribution in [2.45, 2.75) is 25.4 Å². The Kier molecular flexibility index (Phi) is 3.89. The van der Waals surface area contributed by atoms with Crippen molar-refractivity contribution in [3.05, 3.63) is 47.3 Å². The zero-order valence-electron chi connectivity index (χ0n) is 8.63. The molecule has 3 heteroatoms. The van der Waals surface area contributed by atoms with Crippen molar-refractivity contribution in [3.8, 4) is 0 Å². The molecule has 1 aromatic rings. The van der Waals surface area contributed by atoms with Gasteiger partial charge in [0.2, 0.25) is 0 Å². The van der Waals surface area contributed by atoms with Gasteiger partial charge in [0.25, 0.3) is 0 Å². The van der Waals surface area contributed by atoms with Gasteiger partial charge < -0.3 is 5.11 Å². The van der Waals surface area contributed by atoms with Gasteiger partial charge in [0.1, 0.15) is 5.82 Å². The molecule has 1 aromatic carbocycles. The predicted molar refractivity (Wildman–Crippen MR) is 60.4 cm³/mol. The highest BCUT2D eigenvalue weighted by molar-refractivity contribution is 6.31. The number of rotatable bonds is 4. The molecule has 0 radical (unpaired) electrons. The Balaban J connectivity index is 3.02. The van der Waals surface area contributed by atoms with Crippen LogP contribution in [-0.4, -0.2) is 5.11 Å². The largest absolute Gasteiger partial charge is 0.385 e. The Morgan fingerprint density at radius 3 is 2.87 bits per heavy atom. The minimum absolute atomic E-state index is 0.380. The highest BCUT2D eigenvalue weighted by atomic mass is 35.5. The van der Waals surface area contributed by atoms with E-state index in [-0.39, 0.29) is 0 Å². The van der Waals surface area contributed by atoms with Crippen LogP contribution in [0.15, 0.2) is 30.9 Å². The molecule has 0 saturated carbocycles. The highest BCUT2D eigenvalue weighted by Crippen LogP contribution is 2.32. The molecule has 0 amide bonds. The maximum Gasteiger partial charge on any atom is 0.123 e. The zero-order valence-corrected chi connectivity index (χ0v) is 9.39. The Morgan fingerprint density at radius 1 is 1.60 bits per heavy atom. The lowest BCUT2D eigenvalue weighted by Gasteiger charge is -2.24. The normalized spacial score (nSPS) is 14.7. The van der Waals surface area contributed by atoms with Gasteiger partial charge >= 0.3 is 0 Å². The highest BCUT2D eigenvalue weighted by Gasteiger charge is 2.25. The molecule has 1 atom stereocenters. The smallest absolute Gasteiger partial charge is 0.123 e. The maximum absolute atomic E-state index is 13.0. The fraction of sp³-hybridized carbons (Fsp3) is 0.333. The number of halogens is 2. The van der Waals surface area contributed by atoms with E-state index in [2.05, 4.69) is 6.58 Å². The van der Waals surface area contributed by atoms with Gasteiger partial charge in [-0.05, 0) is 38.0 Å². The summed E-state index contributed by atoms with van der Waals surface area (Å²) in [7, 11) is 0. The van der Waals surface area contributed by atoms with Gasteiger partial charge in [-0.25, -0.2) is 4.39 Å². The first-order valence-corrected chi connectivity index (χ1v) is 5.14. The second-order valence-corrected chi connectivity index (χ2v) is 4.13. The monoisotopic (exact) mass is 228 g/mol. The molecule has 0 aromatic heterocycles. The van der Waals surface area contributed by atoms with Gasteiger partial charge in [0.15, 0.2) is 0 Å². The van der Waals surface area contributed by atoms with E-state index in [0.29, 0.717) is 23.4 Å². The van der Waals surface area contributed by atoms with E-state index in [0.717, 1.165) is 0 Å². The first-order chi connectivity index (χ1) is 6.97. The summed E-state index contributed by atoms with van der Waals surface area (Å²) in [5.41, 5.74) is -0.695.